The number of benzene rings is 1. The number of halogens is 1. The molecule has 0 saturated carbocycles. The summed E-state index contributed by atoms with van der Waals surface area (Å²) < 4.78 is 33.3. The molecule has 4 heterocycles. The van der Waals surface area contributed by atoms with Gasteiger partial charge in [-0.2, -0.15) is 0 Å². The molecule has 0 aromatic heterocycles. The van der Waals surface area contributed by atoms with E-state index >= 15 is 0 Å². The monoisotopic (exact) mass is 413 g/mol. The number of rotatable bonds is 6. The fourth-order valence-electron chi connectivity index (χ4n) is 4.69. The molecular formula is C19H28ClN3O3S. The van der Waals surface area contributed by atoms with Crippen molar-refractivity contribution < 1.29 is 13.2 Å². The van der Waals surface area contributed by atoms with Crippen LogP contribution in [-0.4, -0.2) is 76.7 Å². The third-order valence-electron chi connectivity index (χ3n) is 6.24. The standard InChI is InChI=1S/C19H28ClN3O3S/c20-17-1-3-19(4-2-17)27(24,25)21-12-18-11-15-5-6-23(18)14-16(15)13-22-7-9-26-10-8-22/h1-4,15-16,18,21H,5-14H2. The quantitative estimate of drug-likeness (QED) is 0.768. The van der Waals surface area contributed by atoms with Crippen molar-refractivity contribution in [3.05, 3.63) is 29.3 Å². The molecular weight excluding hydrogens is 386 g/mol. The fourth-order valence-corrected chi connectivity index (χ4v) is 5.89. The Morgan fingerprint density at radius 2 is 1.89 bits per heavy atom. The number of nitrogens with one attached hydrogen (secondary N) is 1. The largest absolute Gasteiger partial charge is 0.379 e. The van der Waals surface area contributed by atoms with Gasteiger partial charge < -0.3 is 4.74 Å². The SMILES string of the molecule is O=S(=O)(NCC1CC2CCN1CC2CN1CCOCC1)c1ccc(Cl)cc1. The van der Waals surface area contributed by atoms with E-state index in [1.54, 1.807) is 24.3 Å². The summed E-state index contributed by atoms with van der Waals surface area (Å²) in [7, 11) is -3.49. The van der Waals surface area contributed by atoms with E-state index < -0.39 is 10.0 Å². The van der Waals surface area contributed by atoms with Crippen LogP contribution in [0.25, 0.3) is 0 Å². The van der Waals surface area contributed by atoms with Crippen molar-refractivity contribution in [3.63, 3.8) is 0 Å². The molecule has 27 heavy (non-hydrogen) atoms. The lowest BCUT2D eigenvalue weighted by Gasteiger charge is -2.51. The molecule has 0 radical (unpaired) electrons. The highest BCUT2D eigenvalue weighted by Gasteiger charge is 2.40. The van der Waals surface area contributed by atoms with E-state index in [2.05, 4.69) is 14.5 Å². The second-order valence-electron chi connectivity index (χ2n) is 7.91. The second kappa shape index (κ2) is 8.35. The topological polar surface area (TPSA) is 61.9 Å². The van der Waals surface area contributed by atoms with E-state index in [4.69, 9.17) is 16.3 Å². The maximum atomic E-state index is 12.5. The number of morpholine rings is 1. The molecule has 4 saturated heterocycles. The molecule has 4 aliphatic heterocycles. The molecule has 0 aliphatic carbocycles. The van der Waals surface area contributed by atoms with Gasteiger partial charge in [-0.3, -0.25) is 9.80 Å². The van der Waals surface area contributed by atoms with Crippen molar-refractivity contribution in [2.24, 2.45) is 11.8 Å². The van der Waals surface area contributed by atoms with Crippen LogP contribution in [0.3, 0.4) is 0 Å². The number of fused-ring (bicyclic) bond motifs is 3. The maximum absolute atomic E-state index is 12.5. The summed E-state index contributed by atoms with van der Waals surface area (Å²) in [5.74, 6) is 1.39. The van der Waals surface area contributed by atoms with Crippen LogP contribution in [0.1, 0.15) is 12.8 Å². The molecule has 1 aromatic rings. The van der Waals surface area contributed by atoms with E-state index in [1.807, 2.05) is 0 Å². The van der Waals surface area contributed by atoms with Gasteiger partial charge in [-0.1, -0.05) is 11.6 Å². The zero-order valence-electron chi connectivity index (χ0n) is 15.5. The molecule has 4 unspecified atom stereocenters. The minimum Gasteiger partial charge on any atom is -0.379 e. The van der Waals surface area contributed by atoms with Crippen LogP contribution in [0.4, 0.5) is 0 Å². The van der Waals surface area contributed by atoms with Crippen molar-refractivity contribution in [3.8, 4) is 0 Å². The van der Waals surface area contributed by atoms with Crippen molar-refractivity contribution in [2.75, 3.05) is 52.5 Å². The molecule has 1 N–H and O–H groups in total. The number of nitrogens with zero attached hydrogens (tertiary/aromatic N) is 2. The van der Waals surface area contributed by atoms with Gasteiger partial charge >= 0.3 is 0 Å². The molecule has 0 spiro atoms. The molecule has 5 rings (SSSR count). The van der Waals surface area contributed by atoms with E-state index in [0.29, 0.717) is 29.4 Å². The first kappa shape index (κ1) is 19.6. The van der Waals surface area contributed by atoms with Crippen LogP contribution < -0.4 is 4.72 Å². The Morgan fingerprint density at radius 1 is 1.15 bits per heavy atom. The summed E-state index contributed by atoms with van der Waals surface area (Å²) >= 11 is 5.85. The minimum absolute atomic E-state index is 0.271. The fraction of sp³-hybridized carbons (Fsp3) is 0.684. The first-order chi connectivity index (χ1) is 13.0. The van der Waals surface area contributed by atoms with Crippen LogP contribution in [0.5, 0.6) is 0 Å². The minimum atomic E-state index is -3.49. The van der Waals surface area contributed by atoms with E-state index in [1.165, 1.54) is 6.42 Å². The highest BCUT2D eigenvalue weighted by Crippen LogP contribution is 2.36. The lowest BCUT2D eigenvalue weighted by atomic mass is 9.75. The van der Waals surface area contributed by atoms with Gasteiger partial charge in [-0.25, -0.2) is 13.1 Å². The zero-order chi connectivity index (χ0) is 18.9. The summed E-state index contributed by atoms with van der Waals surface area (Å²) in [6, 6.07) is 6.62. The average Bonchev–Trinajstić information content (AvgIpc) is 2.68. The Kier molecular flexibility index (Phi) is 6.06. The van der Waals surface area contributed by atoms with Gasteiger partial charge in [0.2, 0.25) is 10.0 Å². The smallest absolute Gasteiger partial charge is 0.240 e. The number of hydrogen-bond donors (Lipinski definition) is 1. The summed E-state index contributed by atoms with van der Waals surface area (Å²) in [6.45, 7) is 7.54. The Balaban J connectivity index is 1.32. The third-order valence-corrected chi connectivity index (χ3v) is 7.93. The number of piperidine rings is 3. The highest BCUT2D eigenvalue weighted by atomic mass is 35.5. The van der Waals surface area contributed by atoms with Crippen LogP contribution >= 0.6 is 11.6 Å². The number of hydrogen-bond acceptors (Lipinski definition) is 5. The van der Waals surface area contributed by atoms with Crippen LogP contribution in [0, 0.1) is 11.8 Å². The van der Waals surface area contributed by atoms with Gasteiger partial charge in [0.15, 0.2) is 0 Å². The van der Waals surface area contributed by atoms with Crippen molar-refractivity contribution in [2.45, 2.75) is 23.8 Å². The predicted molar refractivity (Wildman–Crippen MR) is 105 cm³/mol. The van der Waals surface area contributed by atoms with Gasteiger partial charge in [0.05, 0.1) is 18.1 Å². The van der Waals surface area contributed by atoms with Crippen molar-refractivity contribution >= 4 is 21.6 Å². The summed E-state index contributed by atoms with van der Waals surface area (Å²) in [6.07, 6.45) is 2.31. The molecule has 150 valence electrons. The number of sulfonamides is 1. The summed E-state index contributed by atoms with van der Waals surface area (Å²) in [5.41, 5.74) is 0. The Bertz CT molecular complexity index is 737. The van der Waals surface area contributed by atoms with Gasteiger partial charge in [0.1, 0.15) is 0 Å². The molecule has 6 nitrogen and oxygen atoms in total. The summed E-state index contributed by atoms with van der Waals surface area (Å²) in [4.78, 5) is 5.28. The molecule has 2 bridgehead atoms. The van der Waals surface area contributed by atoms with Crippen LogP contribution in [0.15, 0.2) is 29.2 Å². The van der Waals surface area contributed by atoms with Crippen molar-refractivity contribution in [1.82, 2.24) is 14.5 Å². The molecule has 4 fully saturated rings. The average molecular weight is 414 g/mol. The molecule has 8 heteroatoms. The van der Waals surface area contributed by atoms with E-state index in [9.17, 15) is 8.42 Å². The normalized spacial score (nSPS) is 31.9. The lowest BCUT2D eigenvalue weighted by Crippen LogP contribution is -2.58. The second-order valence-corrected chi connectivity index (χ2v) is 10.1. The van der Waals surface area contributed by atoms with E-state index in [-0.39, 0.29) is 4.90 Å². The van der Waals surface area contributed by atoms with Gasteiger partial charge in [0, 0.05) is 43.8 Å². The zero-order valence-corrected chi connectivity index (χ0v) is 17.1. The Morgan fingerprint density at radius 3 is 2.56 bits per heavy atom. The third kappa shape index (κ3) is 4.66. The first-order valence-electron chi connectivity index (χ1n) is 9.80. The number of ether oxygens (including phenoxy) is 1. The van der Waals surface area contributed by atoms with E-state index in [0.717, 1.165) is 52.4 Å². The van der Waals surface area contributed by atoms with Crippen LogP contribution in [-0.2, 0) is 14.8 Å². The van der Waals surface area contributed by atoms with Crippen molar-refractivity contribution in [1.29, 1.82) is 0 Å². The molecule has 4 atom stereocenters. The molecule has 1 aromatic carbocycles. The van der Waals surface area contributed by atoms with Crippen LogP contribution in [0.2, 0.25) is 5.02 Å². The highest BCUT2D eigenvalue weighted by molar-refractivity contribution is 7.89. The Labute approximate surface area is 166 Å². The predicted octanol–water partition coefficient (Wildman–Crippen LogP) is 1.66. The van der Waals surface area contributed by atoms with Gasteiger partial charge in [0.25, 0.3) is 0 Å². The maximum Gasteiger partial charge on any atom is 0.240 e. The lowest BCUT2D eigenvalue weighted by molar-refractivity contribution is -0.0285. The first-order valence-corrected chi connectivity index (χ1v) is 11.7. The Hall–Kier alpha value is -0.700. The molecule has 4 aliphatic rings. The summed E-state index contributed by atoms with van der Waals surface area (Å²) in [5, 5.41) is 0.538. The van der Waals surface area contributed by atoms with Gasteiger partial charge in [-0.15, -0.1) is 0 Å². The molecule has 0 amide bonds. The van der Waals surface area contributed by atoms with Gasteiger partial charge in [-0.05, 0) is 55.5 Å².